The Hall–Kier alpha value is -1.78. The van der Waals surface area contributed by atoms with Gasteiger partial charge in [0.15, 0.2) is 0 Å². The molecule has 1 aromatic heterocycles. The van der Waals surface area contributed by atoms with Crippen LogP contribution in [0.4, 0.5) is 4.39 Å². The first kappa shape index (κ1) is 18.0. The molecule has 0 saturated heterocycles. The van der Waals surface area contributed by atoms with Gasteiger partial charge in [0.2, 0.25) is 0 Å². The Kier molecular flexibility index (Phi) is 5.82. The summed E-state index contributed by atoms with van der Waals surface area (Å²) in [5, 5.41) is 0.744. The maximum Gasteiger partial charge on any atom is 0.123 e. The van der Waals surface area contributed by atoms with E-state index in [0.29, 0.717) is 0 Å². The Morgan fingerprint density at radius 2 is 2.00 bits per heavy atom. The van der Waals surface area contributed by atoms with E-state index >= 15 is 0 Å². The van der Waals surface area contributed by atoms with Crippen LogP contribution < -0.4 is 0 Å². The predicted molar refractivity (Wildman–Crippen MR) is 103 cm³/mol. The largest absolute Gasteiger partial charge is 0.336 e. The molecule has 5 heteroatoms. The van der Waals surface area contributed by atoms with Gasteiger partial charge >= 0.3 is 0 Å². The van der Waals surface area contributed by atoms with Crippen LogP contribution in [0.1, 0.15) is 18.9 Å². The van der Waals surface area contributed by atoms with E-state index in [1.165, 1.54) is 12.1 Å². The molecule has 0 aliphatic carbocycles. The van der Waals surface area contributed by atoms with Crippen LogP contribution in [0.15, 0.2) is 72.1 Å². The van der Waals surface area contributed by atoms with Crippen molar-refractivity contribution in [2.75, 3.05) is 0 Å². The highest BCUT2D eigenvalue weighted by Gasteiger charge is 2.26. The standard InChI is InChI=1S/C20H20ClFN2S/c1-20(14-24-12-11-23-15-24,25-19-4-2-3-17(21)13-19)10-9-16-5-7-18(22)8-6-16/h2-8,11-13,15H,9-10,14H2,1H3. The zero-order valence-corrected chi connectivity index (χ0v) is 15.6. The number of benzene rings is 2. The van der Waals surface area contributed by atoms with Crippen molar-refractivity contribution in [2.24, 2.45) is 0 Å². The summed E-state index contributed by atoms with van der Waals surface area (Å²) in [5.41, 5.74) is 1.14. The number of halogens is 2. The van der Waals surface area contributed by atoms with E-state index in [1.54, 1.807) is 6.20 Å². The summed E-state index contributed by atoms with van der Waals surface area (Å²) >= 11 is 7.96. The number of aryl methyl sites for hydroxylation is 1. The van der Waals surface area contributed by atoms with E-state index in [0.717, 1.165) is 34.9 Å². The monoisotopic (exact) mass is 374 g/mol. The molecule has 0 N–H and O–H groups in total. The van der Waals surface area contributed by atoms with Crippen molar-refractivity contribution in [1.82, 2.24) is 9.55 Å². The highest BCUT2D eigenvalue weighted by Crippen LogP contribution is 2.38. The molecule has 0 aliphatic rings. The van der Waals surface area contributed by atoms with E-state index in [-0.39, 0.29) is 10.6 Å². The molecule has 0 bridgehead atoms. The molecule has 3 aromatic rings. The molecule has 0 saturated carbocycles. The molecular weight excluding hydrogens is 355 g/mol. The van der Waals surface area contributed by atoms with E-state index in [1.807, 2.05) is 54.6 Å². The Bertz CT molecular complexity index is 805. The Morgan fingerprint density at radius 1 is 1.20 bits per heavy atom. The summed E-state index contributed by atoms with van der Waals surface area (Å²) in [6.07, 6.45) is 7.46. The van der Waals surface area contributed by atoms with Gasteiger partial charge in [0.05, 0.1) is 6.33 Å². The quantitative estimate of drug-likeness (QED) is 0.482. The molecular formula is C20H20ClFN2S. The first-order chi connectivity index (χ1) is 12.0. The zero-order valence-electron chi connectivity index (χ0n) is 14.0. The summed E-state index contributed by atoms with van der Waals surface area (Å²) in [4.78, 5) is 5.29. The molecule has 2 nitrogen and oxygen atoms in total. The average molecular weight is 375 g/mol. The van der Waals surface area contributed by atoms with E-state index in [4.69, 9.17) is 11.6 Å². The summed E-state index contributed by atoms with van der Waals surface area (Å²) < 4.78 is 15.2. The second-order valence-electron chi connectivity index (χ2n) is 6.37. The van der Waals surface area contributed by atoms with Gasteiger partial charge in [-0.25, -0.2) is 9.37 Å². The van der Waals surface area contributed by atoms with E-state index in [2.05, 4.69) is 22.5 Å². The number of aromatic nitrogens is 2. The topological polar surface area (TPSA) is 17.8 Å². The van der Waals surface area contributed by atoms with Gasteiger partial charge in [-0.1, -0.05) is 29.8 Å². The molecule has 130 valence electrons. The molecule has 0 fully saturated rings. The van der Waals surface area contributed by atoms with E-state index < -0.39 is 0 Å². The Balaban J connectivity index is 1.76. The molecule has 25 heavy (non-hydrogen) atoms. The lowest BCUT2D eigenvalue weighted by Crippen LogP contribution is -2.27. The number of thioether (sulfide) groups is 1. The molecule has 1 heterocycles. The molecule has 2 aromatic carbocycles. The van der Waals surface area contributed by atoms with Crippen molar-refractivity contribution in [3.05, 3.63) is 83.7 Å². The third-order valence-corrected chi connectivity index (χ3v) is 5.64. The van der Waals surface area contributed by atoms with E-state index in [9.17, 15) is 4.39 Å². The van der Waals surface area contributed by atoms with Crippen molar-refractivity contribution in [3.63, 3.8) is 0 Å². The smallest absolute Gasteiger partial charge is 0.123 e. The second-order valence-corrected chi connectivity index (χ2v) is 8.47. The minimum Gasteiger partial charge on any atom is -0.336 e. The van der Waals surface area contributed by atoms with Crippen molar-refractivity contribution in [3.8, 4) is 0 Å². The van der Waals surface area contributed by atoms with Crippen LogP contribution in [0.5, 0.6) is 0 Å². The highest BCUT2D eigenvalue weighted by atomic mass is 35.5. The summed E-state index contributed by atoms with van der Waals surface area (Å²) in [6, 6.07) is 14.7. The molecule has 0 radical (unpaired) electrons. The van der Waals surface area contributed by atoms with Gasteiger partial charge in [-0.3, -0.25) is 0 Å². The third-order valence-electron chi connectivity index (χ3n) is 4.09. The molecule has 1 atom stereocenters. The third kappa shape index (κ3) is 5.35. The molecule has 0 aliphatic heterocycles. The lowest BCUT2D eigenvalue weighted by molar-refractivity contribution is 0.495. The number of hydrogen-bond donors (Lipinski definition) is 0. The molecule has 0 spiro atoms. The van der Waals surface area contributed by atoms with Crippen LogP contribution >= 0.6 is 23.4 Å². The van der Waals surface area contributed by atoms with Crippen LogP contribution in [0.3, 0.4) is 0 Å². The second kappa shape index (κ2) is 8.07. The SMILES string of the molecule is CC(CCc1ccc(F)cc1)(Cn1ccnc1)Sc1cccc(Cl)c1. The van der Waals surface area contributed by atoms with Gasteiger partial charge in [0, 0.05) is 33.6 Å². The minimum absolute atomic E-state index is 0.0419. The fourth-order valence-corrected chi connectivity index (χ4v) is 4.38. The highest BCUT2D eigenvalue weighted by molar-refractivity contribution is 8.00. The van der Waals surface area contributed by atoms with Crippen molar-refractivity contribution in [2.45, 2.75) is 36.0 Å². The average Bonchev–Trinajstić information content (AvgIpc) is 3.07. The summed E-state index contributed by atoms with van der Waals surface area (Å²) in [6.45, 7) is 3.09. The normalized spacial score (nSPS) is 13.6. The van der Waals surface area contributed by atoms with Gasteiger partial charge in [-0.15, -0.1) is 11.8 Å². The number of imidazole rings is 1. The van der Waals surface area contributed by atoms with Crippen LogP contribution in [-0.4, -0.2) is 14.3 Å². The van der Waals surface area contributed by atoms with Gasteiger partial charge in [-0.2, -0.15) is 0 Å². The first-order valence-corrected chi connectivity index (χ1v) is 9.37. The van der Waals surface area contributed by atoms with Crippen molar-refractivity contribution >= 4 is 23.4 Å². The minimum atomic E-state index is -0.196. The maximum absolute atomic E-state index is 13.1. The van der Waals surface area contributed by atoms with Gasteiger partial charge in [0.1, 0.15) is 5.82 Å². The lowest BCUT2D eigenvalue weighted by atomic mass is 10.00. The van der Waals surface area contributed by atoms with Crippen molar-refractivity contribution in [1.29, 1.82) is 0 Å². The van der Waals surface area contributed by atoms with Gasteiger partial charge < -0.3 is 4.57 Å². The van der Waals surface area contributed by atoms with Crippen molar-refractivity contribution < 1.29 is 4.39 Å². The molecule has 3 rings (SSSR count). The van der Waals surface area contributed by atoms with Gasteiger partial charge in [0.25, 0.3) is 0 Å². The first-order valence-electron chi connectivity index (χ1n) is 8.17. The van der Waals surface area contributed by atoms with Crippen LogP contribution in [0, 0.1) is 5.82 Å². The molecule has 1 unspecified atom stereocenters. The number of hydrogen-bond acceptors (Lipinski definition) is 2. The van der Waals surface area contributed by atoms with Crippen LogP contribution in [0.2, 0.25) is 5.02 Å². The fourth-order valence-electron chi connectivity index (χ4n) is 2.80. The maximum atomic E-state index is 13.1. The lowest BCUT2D eigenvalue weighted by Gasteiger charge is -2.30. The Labute approximate surface area is 157 Å². The Morgan fingerprint density at radius 3 is 2.68 bits per heavy atom. The predicted octanol–water partition coefficient (Wildman–Crippen LogP) is 5.86. The summed E-state index contributed by atoms with van der Waals surface area (Å²) in [7, 11) is 0. The molecule has 0 amide bonds. The number of rotatable bonds is 7. The zero-order chi connectivity index (χ0) is 17.7. The van der Waals surface area contributed by atoms with Gasteiger partial charge in [-0.05, 0) is 55.7 Å². The fraction of sp³-hybridized carbons (Fsp3) is 0.250. The van der Waals surface area contributed by atoms with Crippen LogP contribution in [0.25, 0.3) is 0 Å². The van der Waals surface area contributed by atoms with Crippen LogP contribution in [-0.2, 0) is 13.0 Å². The number of nitrogens with zero attached hydrogens (tertiary/aromatic N) is 2. The summed E-state index contributed by atoms with van der Waals surface area (Å²) in [5.74, 6) is -0.196.